The number of H-pyrrole nitrogens is 1. The molecule has 11 nitrogen and oxygen atoms in total. The summed E-state index contributed by atoms with van der Waals surface area (Å²) in [6.45, 7) is 5.80. The number of aromatic amines is 1. The fourth-order valence-corrected chi connectivity index (χ4v) is 6.52. The highest BCUT2D eigenvalue weighted by atomic mass is 35.5. The summed E-state index contributed by atoms with van der Waals surface area (Å²) in [5, 5.41) is 3.27. The van der Waals surface area contributed by atoms with Gasteiger partial charge in [0.15, 0.2) is 18.0 Å². The molecule has 0 aliphatic carbocycles. The zero-order chi connectivity index (χ0) is 27.2. The maximum atomic E-state index is 16.0. The summed E-state index contributed by atoms with van der Waals surface area (Å²) in [5.74, 6) is -0.793. The van der Waals surface area contributed by atoms with E-state index in [0.29, 0.717) is 10.6 Å². The molecule has 6 atom stereocenters. The highest BCUT2D eigenvalue weighted by molar-refractivity contribution is 7.51. The molecule has 2 aliphatic rings. The van der Waals surface area contributed by atoms with Crippen molar-refractivity contribution in [2.75, 3.05) is 13.2 Å². The number of alkyl halides is 1. The Kier molecular flexibility index (Phi) is 7.55. The van der Waals surface area contributed by atoms with Crippen LogP contribution in [0, 0.1) is 5.41 Å². The van der Waals surface area contributed by atoms with Crippen LogP contribution >= 0.6 is 19.3 Å². The van der Waals surface area contributed by atoms with Crippen LogP contribution in [0.4, 0.5) is 4.39 Å². The molecule has 0 radical (unpaired) electrons. The van der Waals surface area contributed by atoms with Crippen LogP contribution in [0.25, 0.3) is 0 Å². The van der Waals surface area contributed by atoms with E-state index >= 15 is 4.39 Å². The molecular formula is C23H28ClFN3O8P. The van der Waals surface area contributed by atoms with Crippen molar-refractivity contribution in [1.29, 1.82) is 0 Å². The zero-order valence-corrected chi connectivity index (χ0v) is 22.3. The monoisotopic (exact) mass is 559 g/mol. The third-order valence-corrected chi connectivity index (χ3v) is 8.08. The molecule has 202 valence electrons. The summed E-state index contributed by atoms with van der Waals surface area (Å²) in [4.78, 5) is 37.5. The second-order valence-corrected chi connectivity index (χ2v) is 12.1. The van der Waals surface area contributed by atoms with Gasteiger partial charge in [0.05, 0.1) is 12.7 Å². The highest BCUT2D eigenvalue weighted by Gasteiger charge is 2.58. The minimum Gasteiger partial charge on any atom is -0.456 e. The molecule has 0 spiro atoms. The van der Waals surface area contributed by atoms with Gasteiger partial charge in [-0.1, -0.05) is 37.6 Å². The van der Waals surface area contributed by atoms with Gasteiger partial charge in [-0.2, -0.15) is 0 Å². The lowest BCUT2D eigenvalue weighted by Gasteiger charge is -2.42. The molecule has 0 amide bonds. The van der Waals surface area contributed by atoms with Crippen molar-refractivity contribution in [3.63, 3.8) is 0 Å². The summed E-state index contributed by atoms with van der Waals surface area (Å²) in [6, 6.07) is 8.00. The molecule has 3 heterocycles. The number of rotatable bonds is 6. The minimum atomic E-state index is -3.94. The van der Waals surface area contributed by atoms with E-state index in [2.05, 4.69) is 5.09 Å². The number of nitrogens with one attached hydrogen (secondary N) is 2. The Hall–Kier alpha value is -2.34. The summed E-state index contributed by atoms with van der Waals surface area (Å²) in [6.07, 6.45) is -3.94. The Morgan fingerprint density at radius 3 is 2.68 bits per heavy atom. The number of hydrogen-bond donors (Lipinski definition) is 2. The Morgan fingerprint density at radius 2 is 2.03 bits per heavy atom. The van der Waals surface area contributed by atoms with Gasteiger partial charge < -0.3 is 9.47 Å². The summed E-state index contributed by atoms with van der Waals surface area (Å²) in [5.41, 5.74) is -3.79. The van der Waals surface area contributed by atoms with Crippen LogP contribution in [0.3, 0.4) is 0 Å². The quantitative estimate of drug-likeness (QED) is 0.403. The average molecular weight is 560 g/mol. The summed E-state index contributed by atoms with van der Waals surface area (Å²) < 4.78 is 52.8. The smallest absolute Gasteiger partial charge is 0.406 e. The molecule has 1 aromatic carbocycles. The lowest BCUT2D eigenvalue weighted by molar-refractivity contribution is -0.155. The lowest BCUT2D eigenvalue weighted by Crippen LogP contribution is -2.46. The third-order valence-electron chi connectivity index (χ3n) is 6.32. The van der Waals surface area contributed by atoms with Crippen LogP contribution in [0.2, 0.25) is 5.02 Å². The molecule has 2 fully saturated rings. The van der Waals surface area contributed by atoms with Crippen molar-refractivity contribution in [3.8, 4) is 0 Å². The molecule has 2 aliphatic heterocycles. The first kappa shape index (κ1) is 27.7. The number of carbonyl (C=O) groups excluding carboxylic acids is 1. The maximum Gasteiger partial charge on any atom is 0.406 e. The summed E-state index contributed by atoms with van der Waals surface area (Å²) in [7, 11) is -3.94. The van der Waals surface area contributed by atoms with Crippen LogP contribution < -0.4 is 16.3 Å². The first-order valence-corrected chi connectivity index (χ1v) is 13.4. The van der Waals surface area contributed by atoms with E-state index in [1.54, 1.807) is 24.3 Å². The Balaban J connectivity index is 1.57. The molecule has 2 aromatic rings. The van der Waals surface area contributed by atoms with Crippen LogP contribution in [-0.4, -0.2) is 46.5 Å². The van der Waals surface area contributed by atoms with Gasteiger partial charge in [0.2, 0.25) is 0 Å². The Labute approximate surface area is 216 Å². The molecule has 0 saturated carbocycles. The molecule has 4 rings (SSSR count). The van der Waals surface area contributed by atoms with E-state index in [1.165, 1.54) is 0 Å². The van der Waals surface area contributed by atoms with Crippen LogP contribution in [0.5, 0.6) is 0 Å². The number of benzene rings is 1. The fourth-order valence-electron chi connectivity index (χ4n) is 4.46. The number of nitrogens with zero attached hydrogens (tertiary/aromatic N) is 1. The van der Waals surface area contributed by atoms with E-state index < -0.39 is 67.2 Å². The third kappa shape index (κ3) is 5.74. The molecule has 2 unspecified atom stereocenters. The van der Waals surface area contributed by atoms with Crippen molar-refractivity contribution in [2.45, 2.75) is 57.9 Å². The van der Waals surface area contributed by atoms with E-state index in [-0.39, 0.29) is 6.54 Å². The van der Waals surface area contributed by atoms with Gasteiger partial charge >= 0.3 is 19.4 Å². The van der Waals surface area contributed by atoms with E-state index in [9.17, 15) is 18.9 Å². The number of carbonyl (C=O) groups is 1. The van der Waals surface area contributed by atoms with Crippen LogP contribution in [-0.2, 0) is 27.9 Å². The van der Waals surface area contributed by atoms with Crippen molar-refractivity contribution in [3.05, 3.63) is 68.0 Å². The van der Waals surface area contributed by atoms with Crippen LogP contribution in [0.1, 0.15) is 45.6 Å². The van der Waals surface area contributed by atoms with Gasteiger partial charge in [0, 0.05) is 36.2 Å². The van der Waals surface area contributed by atoms with Gasteiger partial charge in [-0.3, -0.25) is 28.2 Å². The molecule has 0 bridgehead atoms. The van der Waals surface area contributed by atoms with Crippen LogP contribution in [0.15, 0.2) is 46.1 Å². The van der Waals surface area contributed by atoms with Gasteiger partial charge in [-0.05, 0) is 24.6 Å². The van der Waals surface area contributed by atoms with Gasteiger partial charge in [-0.25, -0.2) is 18.8 Å². The number of esters is 1. The minimum absolute atomic E-state index is 0.260. The molecule has 2 saturated heterocycles. The first-order chi connectivity index (χ1) is 17.2. The molecule has 37 heavy (non-hydrogen) atoms. The highest BCUT2D eigenvalue weighted by Crippen LogP contribution is 2.57. The van der Waals surface area contributed by atoms with Crippen molar-refractivity contribution in [2.24, 2.45) is 5.41 Å². The SMILES string of the molecule is CC(=O)O[C@@H]1[C@@H](COP2(=O)NCC(C)(C)C(c3cccc(Cl)c3)O2)O[C@@H](n2ccc(=O)[nH]c2=O)[C@]1(C)F. The number of halogens is 2. The van der Waals surface area contributed by atoms with Crippen molar-refractivity contribution < 1.29 is 32.3 Å². The van der Waals surface area contributed by atoms with Gasteiger partial charge in [0.1, 0.15) is 6.10 Å². The maximum absolute atomic E-state index is 16.0. The fraction of sp³-hybridized carbons (Fsp3) is 0.522. The van der Waals surface area contributed by atoms with Gasteiger partial charge in [0.25, 0.3) is 5.56 Å². The normalized spacial score (nSPS) is 33.2. The predicted molar refractivity (Wildman–Crippen MR) is 131 cm³/mol. The van der Waals surface area contributed by atoms with Gasteiger partial charge in [-0.15, -0.1) is 0 Å². The molecule has 14 heteroatoms. The van der Waals surface area contributed by atoms with E-state index in [0.717, 1.165) is 30.7 Å². The Morgan fingerprint density at radius 1 is 1.30 bits per heavy atom. The second-order valence-electron chi connectivity index (χ2n) is 9.88. The molecule has 2 N–H and O–H groups in total. The van der Waals surface area contributed by atoms with E-state index in [1.807, 2.05) is 18.8 Å². The summed E-state index contributed by atoms with van der Waals surface area (Å²) >= 11 is 6.13. The van der Waals surface area contributed by atoms with Crippen molar-refractivity contribution >= 4 is 25.3 Å². The van der Waals surface area contributed by atoms with E-state index in [4.69, 9.17) is 30.1 Å². The molecular weight excluding hydrogens is 532 g/mol. The predicted octanol–water partition coefficient (Wildman–Crippen LogP) is 3.26. The zero-order valence-electron chi connectivity index (χ0n) is 20.6. The van der Waals surface area contributed by atoms with Crippen molar-refractivity contribution in [1.82, 2.24) is 14.6 Å². The largest absolute Gasteiger partial charge is 0.456 e. The topological polar surface area (TPSA) is 138 Å². The average Bonchev–Trinajstić information content (AvgIpc) is 3.04. The number of ether oxygens (including phenoxy) is 2. The molecule has 1 aromatic heterocycles. The number of aromatic nitrogens is 2. The standard InChI is InChI=1S/C23H28ClFN3O8P/c1-13(29)34-19-16(35-20(23(19,4)25)28-9-8-17(30)27-21(28)31)11-33-37(32)26-12-22(2,3)18(36-37)14-6-5-7-15(24)10-14/h5-10,16,18-20H,11-12H2,1-4H3,(H,26,32)(H,27,30,31)/t16-,18?,19-,20-,23-,37?/m1/s1. The second kappa shape index (κ2) is 10.1. The Bertz CT molecular complexity index is 1350. The number of hydrogen-bond acceptors (Lipinski definition) is 8. The first-order valence-electron chi connectivity index (χ1n) is 11.5. The lowest BCUT2D eigenvalue weighted by atomic mass is 9.83.